The number of sulfonamides is 1. The van der Waals surface area contributed by atoms with E-state index in [0.717, 1.165) is 5.56 Å². The van der Waals surface area contributed by atoms with Crippen molar-refractivity contribution in [1.82, 2.24) is 10.0 Å². The maximum Gasteiger partial charge on any atom is 0.338 e. The van der Waals surface area contributed by atoms with Crippen LogP contribution >= 0.6 is 0 Å². The molecule has 0 fully saturated rings. The van der Waals surface area contributed by atoms with Gasteiger partial charge >= 0.3 is 5.97 Å². The van der Waals surface area contributed by atoms with Crippen LogP contribution in [0.25, 0.3) is 0 Å². The molecular weight excluding hydrogens is 420 g/mol. The second kappa shape index (κ2) is 9.93. The van der Waals surface area contributed by atoms with Crippen molar-refractivity contribution in [2.45, 2.75) is 44.7 Å². The van der Waals surface area contributed by atoms with Crippen LogP contribution in [0.15, 0.2) is 47.4 Å². The lowest BCUT2D eigenvalue weighted by Crippen LogP contribution is -2.40. The van der Waals surface area contributed by atoms with Gasteiger partial charge in [-0.2, -0.15) is 0 Å². The zero-order valence-electron chi connectivity index (χ0n) is 18.3. The fraction of sp³-hybridized carbons (Fsp3) is 0.364. The van der Waals surface area contributed by atoms with Gasteiger partial charge in [-0.3, -0.25) is 4.79 Å². The summed E-state index contributed by atoms with van der Waals surface area (Å²) in [6, 6.07) is 11.4. The Kier molecular flexibility index (Phi) is 7.80. The topological polar surface area (TPSA) is 111 Å². The first-order valence-corrected chi connectivity index (χ1v) is 11.1. The van der Waals surface area contributed by atoms with Crippen LogP contribution in [0.2, 0.25) is 0 Å². The lowest BCUT2D eigenvalue weighted by molar-refractivity contribution is -0.124. The molecule has 2 rings (SSSR count). The zero-order chi connectivity index (χ0) is 23.2. The molecule has 2 aromatic carbocycles. The summed E-state index contributed by atoms with van der Waals surface area (Å²) in [5, 5.41) is 2.66. The number of benzene rings is 2. The number of carbonyl (C=O) groups excluding carboxylic acids is 2. The van der Waals surface area contributed by atoms with Gasteiger partial charge in [0.2, 0.25) is 10.0 Å². The standard InChI is InChI=1S/C22H28N2O6S/c1-15-6-11-18(31(27,28)24-22(2,3)4)12-19(15)21(26)30-14-20(25)23-13-16-7-9-17(29-5)10-8-16/h6-12,24H,13-14H2,1-5H3,(H,23,25). The Morgan fingerprint density at radius 1 is 1.03 bits per heavy atom. The molecule has 2 aromatic rings. The summed E-state index contributed by atoms with van der Waals surface area (Å²) in [5.41, 5.74) is 0.811. The Hall–Kier alpha value is -2.91. The third-order valence-electron chi connectivity index (χ3n) is 4.16. The first kappa shape index (κ1) is 24.4. The number of hydrogen-bond acceptors (Lipinski definition) is 6. The molecule has 0 bridgehead atoms. The van der Waals surface area contributed by atoms with Crippen LogP contribution in [0.1, 0.15) is 42.3 Å². The second-order valence-electron chi connectivity index (χ2n) is 8.03. The molecular formula is C22H28N2O6S. The Balaban J connectivity index is 1.99. The van der Waals surface area contributed by atoms with E-state index in [1.807, 2.05) is 12.1 Å². The molecule has 0 saturated heterocycles. The average Bonchev–Trinajstić information content (AvgIpc) is 2.69. The summed E-state index contributed by atoms with van der Waals surface area (Å²) in [5.74, 6) is -0.536. The summed E-state index contributed by atoms with van der Waals surface area (Å²) in [6.07, 6.45) is 0. The van der Waals surface area contributed by atoms with Gasteiger partial charge in [-0.15, -0.1) is 0 Å². The van der Waals surface area contributed by atoms with Gasteiger partial charge < -0.3 is 14.8 Å². The van der Waals surface area contributed by atoms with Crippen molar-refractivity contribution >= 4 is 21.9 Å². The number of esters is 1. The summed E-state index contributed by atoms with van der Waals surface area (Å²) in [6.45, 7) is 6.61. The van der Waals surface area contributed by atoms with Gasteiger partial charge in [0.15, 0.2) is 6.61 Å². The summed E-state index contributed by atoms with van der Waals surface area (Å²) < 4.78 is 37.7. The van der Waals surface area contributed by atoms with E-state index in [9.17, 15) is 18.0 Å². The highest BCUT2D eigenvalue weighted by atomic mass is 32.2. The van der Waals surface area contributed by atoms with E-state index < -0.39 is 34.0 Å². The second-order valence-corrected chi connectivity index (χ2v) is 9.72. The van der Waals surface area contributed by atoms with E-state index in [-0.39, 0.29) is 17.0 Å². The monoisotopic (exact) mass is 448 g/mol. The maximum atomic E-state index is 12.5. The smallest absolute Gasteiger partial charge is 0.338 e. The molecule has 0 aliphatic rings. The first-order valence-electron chi connectivity index (χ1n) is 9.63. The highest BCUT2D eigenvalue weighted by Crippen LogP contribution is 2.18. The van der Waals surface area contributed by atoms with Gasteiger partial charge in [0.1, 0.15) is 5.75 Å². The number of amides is 1. The van der Waals surface area contributed by atoms with Crippen LogP contribution in [0.4, 0.5) is 0 Å². The van der Waals surface area contributed by atoms with Crippen molar-refractivity contribution in [1.29, 1.82) is 0 Å². The van der Waals surface area contributed by atoms with E-state index in [1.165, 1.54) is 18.2 Å². The highest BCUT2D eigenvalue weighted by Gasteiger charge is 2.24. The van der Waals surface area contributed by atoms with Gasteiger partial charge in [-0.1, -0.05) is 18.2 Å². The molecule has 9 heteroatoms. The largest absolute Gasteiger partial charge is 0.497 e. The van der Waals surface area contributed by atoms with E-state index in [2.05, 4.69) is 10.0 Å². The van der Waals surface area contributed by atoms with Crippen LogP contribution in [0.5, 0.6) is 5.75 Å². The molecule has 0 aliphatic carbocycles. The summed E-state index contributed by atoms with van der Waals surface area (Å²) in [4.78, 5) is 24.4. The fourth-order valence-corrected chi connectivity index (χ4v) is 4.10. The number of rotatable bonds is 8. The molecule has 31 heavy (non-hydrogen) atoms. The quantitative estimate of drug-likeness (QED) is 0.601. The minimum Gasteiger partial charge on any atom is -0.497 e. The Morgan fingerprint density at radius 3 is 2.26 bits per heavy atom. The maximum absolute atomic E-state index is 12.5. The third kappa shape index (κ3) is 7.37. The van der Waals surface area contributed by atoms with Gasteiger partial charge in [-0.25, -0.2) is 17.9 Å². The predicted octanol–water partition coefficient (Wildman–Crippen LogP) is 2.55. The average molecular weight is 449 g/mol. The molecule has 0 spiro atoms. The normalized spacial score (nSPS) is 11.6. The molecule has 0 aromatic heterocycles. The van der Waals surface area contributed by atoms with Crippen molar-refractivity contribution in [2.24, 2.45) is 0 Å². The van der Waals surface area contributed by atoms with E-state index in [4.69, 9.17) is 9.47 Å². The van der Waals surface area contributed by atoms with E-state index in [1.54, 1.807) is 46.9 Å². The molecule has 0 radical (unpaired) electrons. The molecule has 2 N–H and O–H groups in total. The number of nitrogens with one attached hydrogen (secondary N) is 2. The van der Waals surface area contributed by atoms with Crippen molar-refractivity contribution in [3.8, 4) is 5.75 Å². The van der Waals surface area contributed by atoms with Gasteiger partial charge in [0.05, 0.1) is 17.6 Å². The van der Waals surface area contributed by atoms with Crippen LogP contribution in [0.3, 0.4) is 0 Å². The molecule has 0 aliphatic heterocycles. The molecule has 1 amide bonds. The van der Waals surface area contributed by atoms with Crippen molar-refractivity contribution < 1.29 is 27.5 Å². The number of aryl methyl sites for hydroxylation is 1. The molecule has 0 unspecified atom stereocenters. The molecule has 168 valence electrons. The van der Waals surface area contributed by atoms with Crippen molar-refractivity contribution in [2.75, 3.05) is 13.7 Å². The van der Waals surface area contributed by atoms with Crippen LogP contribution in [0, 0.1) is 6.92 Å². The molecule has 0 saturated carbocycles. The molecule has 8 nitrogen and oxygen atoms in total. The Labute approximate surface area is 183 Å². The lowest BCUT2D eigenvalue weighted by Gasteiger charge is -2.20. The minimum absolute atomic E-state index is 0.0519. The van der Waals surface area contributed by atoms with Crippen molar-refractivity contribution in [3.63, 3.8) is 0 Å². The third-order valence-corrected chi connectivity index (χ3v) is 5.92. The Morgan fingerprint density at radius 2 is 1.68 bits per heavy atom. The summed E-state index contributed by atoms with van der Waals surface area (Å²) in [7, 11) is -2.24. The predicted molar refractivity (Wildman–Crippen MR) is 116 cm³/mol. The fourth-order valence-electron chi connectivity index (χ4n) is 2.65. The highest BCUT2D eigenvalue weighted by molar-refractivity contribution is 7.89. The van der Waals surface area contributed by atoms with Crippen LogP contribution in [-0.2, 0) is 26.1 Å². The van der Waals surface area contributed by atoms with Gasteiger partial charge in [0.25, 0.3) is 5.91 Å². The Bertz CT molecular complexity index is 1040. The number of ether oxygens (including phenoxy) is 2. The summed E-state index contributed by atoms with van der Waals surface area (Å²) >= 11 is 0. The van der Waals surface area contributed by atoms with Crippen molar-refractivity contribution in [3.05, 3.63) is 59.2 Å². The number of hydrogen-bond donors (Lipinski definition) is 2. The number of carbonyl (C=O) groups is 2. The molecule has 0 atom stereocenters. The lowest BCUT2D eigenvalue weighted by atomic mass is 10.1. The first-order chi connectivity index (χ1) is 14.4. The molecule has 0 heterocycles. The minimum atomic E-state index is -3.81. The van der Waals surface area contributed by atoms with Crippen LogP contribution in [-0.4, -0.2) is 39.5 Å². The van der Waals surface area contributed by atoms with Gasteiger partial charge in [-0.05, 0) is 63.1 Å². The van der Waals surface area contributed by atoms with E-state index >= 15 is 0 Å². The van der Waals surface area contributed by atoms with Crippen LogP contribution < -0.4 is 14.8 Å². The van der Waals surface area contributed by atoms with Gasteiger partial charge in [0, 0.05) is 12.1 Å². The van der Waals surface area contributed by atoms with E-state index in [0.29, 0.717) is 11.3 Å². The number of methoxy groups -OCH3 is 1. The zero-order valence-corrected chi connectivity index (χ0v) is 19.1. The SMILES string of the molecule is COc1ccc(CNC(=O)COC(=O)c2cc(S(=O)(=O)NC(C)(C)C)ccc2C)cc1.